The molecule has 1 atom stereocenters. The molecule has 25 heavy (non-hydrogen) atoms. The molecule has 4 nitrogen and oxygen atoms in total. The lowest BCUT2D eigenvalue weighted by molar-refractivity contribution is -0.135. The van der Waals surface area contributed by atoms with Crippen LogP contribution >= 0.6 is 0 Å². The summed E-state index contributed by atoms with van der Waals surface area (Å²) in [4.78, 5) is 21.4. The van der Waals surface area contributed by atoms with E-state index in [1.165, 1.54) is 5.56 Å². The van der Waals surface area contributed by atoms with Gasteiger partial charge in [-0.3, -0.25) is 14.7 Å². The number of hydrogen-bond acceptors (Lipinski definition) is 3. The van der Waals surface area contributed by atoms with Crippen molar-refractivity contribution >= 4 is 5.91 Å². The average Bonchev–Trinajstić information content (AvgIpc) is 2.63. The third-order valence-electron chi connectivity index (χ3n) is 4.83. The van der Waals surface area contributed by atoms with E-state index in [0.29, 0.717) is 6.42 Å². The highest BCUT2D eigenvalue weighted by Gasteiger charge is 2.26. The third kappa shape index (κ3) is 5.13. The van der Waals surface area contributed by atoms with Crippen molar-refractivity contribution in [3.05, 3.63) is 66.0 Å². The summed E-state index contributed by atoms with van der Waals surface area (Å²) in [5.41, 5.74) is 2.40. The van der Waals surface area contributed by atoms with E-state index in [0.717, 1.165) is 44.7 Å². The molecule has 1 fully saturated rings. The second-order valence-electron chi connectivity index (χ2n) is 6.83. The van der Waals surface area contributed by atoms with Gasteiger partial charge in [0.25, 0.3) is 0 Å². The summed E-state index contributed by atoms with van der Waals surface area (Å²) in [5, 5.41) is 0. The van der Waals surface area contributed by atoms with Crippen LogP contribution in [0, 0.1) is 0 Å². The average molecular weight is 337 g/mol. The minimum absolute atomic E-state index is 0.278. The number of aryl methyl sites for hydroxylation is 1. The summed E-state index contributed by atoms with van der Waals surface area (Å²) < 4.78 is 0. The van der Waals surface area contributed by atoms with Crippen molar-refractivity contribution in [2.24, 2.45) is 0 Å². The highest BCUT2D eigenvalue weighted by atomic mass is 16.2. The van der Waals surface area contributed by atoms with Gasteiger partial charge in [0.2, 0.25) is 5.91 Å². The van der Waals surface area contributed by atoms with Crippen LogP contribution in [0.4, 0.5) is 0 Å². The molecule has 0 bridgehead atoms. The second-order valence-corrected chi connectivity index (χ2v) is 6.83. The fourth-order valence-electron chi connectivity index (χ4n) is 3.50. The Balaban J connectivity index is 1.43. The number of hydrogen-bond donors (Lipinski definition) is 0. The highest BCUT2D eigenvalue weighted by Crippen LogP contribution is 2.15. The van der Waals surface area contributed by atoms with Gasteiger partial charge < -0.3 is 4.90 Å². The monoisotopic (exact) mass is 337 g/mol. The molecule has 2 heterocycles. The summed E-state index contributed by atoms with van der Waals surface area (Å²) in [5.74, 6) is 0.280. The van der Waals surface area contributed by atoms with Crippen LogP contribution in [0.3, 0.4) is 0 Å². The molecule has 0 saturated carbocycles. The van der Waals surface area contributed by atoms with Crippen LogP contribution in [-0.2, 0) is 17.8 Å². The lowest BCUT2D eigenvalue weighted by atomic mass is 10.1. The van der Waals surface area contributed by atoms with Gasteiger partial charge in [0, 0.05) is 50.5 Å². The Labute approximate surface area is 150 Å². The number of nitrogens with zero attached hydrogens (tertiary/aromatic N) is 3. The van der Waals surface area contributed by atoms with Crippen molar-refractivity contribution in [3.63, 3.8) is 0 Å². The third-order valence-corrected chi connectivity index (χ3v) is 4.83. The molecule has 0 radical (unpaired) electrons. The summed E-state index contributed by atoms with van der Waals surface area (Å²) in [6.07, 6.45) is 4.16. The van der Waals surface area contributed by atoms with Crippen molar-refractivity contribution in [1.82, 2.24) is 14.8 Å². The number of benzene rings is 1. The molecule has 3 rings (SSSR count). The van der Waals surface area contributed by atoms with E-state index in [4.69, 9.17) is 0 Å². The van der Waals surface area contributed by atoms with E-state index in [-0.39, 0.29) is 11.9 Å². The first-order valence-electron chi connectivity index (χ1n) is 9.18. The van der Waals surface area contributed by atoms with Crippen molar-refractivity contribution in [3.8, 4) is 0 Å². The normalized spacial score (nSPS) is 18.3. The van der Waals surface area contributed by atoms with Gasteiger partial charge in [-0.2, -0.15) is 0 Å². The topological polar surface area (TPSA) is 36.4 Å². The van der Waals surface area contributed by atoms with Gasteiger partial charge in [-0.15, -0.1) is 0 Å². The van der Waals surface area contributed by atoms with Gasteiger partial charge in [-0.25, -0.2) is 0 Å². The molecular formula is C21H27N3O. The standard InChI is InChI=1S/C21H27N3O/c1-18-16-23(17-19-8-3-2-4-9-19)14-15-24(18)21(25)12-7-11-20-10-5-6-13-22-20/h2-6,8-10,13,18H,7,11-12,14-17H2,1H3/t18-/m1/s1. The van der Waals surface area contributed by atoms with Gasteiger partial charge in [0.05, 0.1) is 0 Å². The van der Waals surface area contributed by atoms with Crippen molar-refractivity contribution < 1.29 is 4.79 Å². The molecule has 0 unspecified atom stereocenters. The largest absolute Gasteiger partial charge is 0.337 e. The molecule has 0 N–H and O–H groups in total. The van der Waals surface area contributed by atoms with Gasteiger partial charge in [0.15, 0.2) is 0 Å². The Morgan fingerprint density at radius 2 is 1.92 bits per heavy atom. The van der Waals surface area contributed by atoms with Crippen molar-refractivity contribution in [2.45, 2.75) is 38.8 Å². The molecule has 132 valence electrons. The molecule has 4 heteroatoms. The molecule has 1 amide bonds. The maximum absolute atomic E-state index is 12.6. The van der Waals surface area contributed by atoms with E-state index in [1.54, 1.807) is 0 Å². The van der Waals surface area contributed by atoms with E-state index in [9.17, 15) is 4.79 Å². The van der Waals surface area contributed by atoms with E-state index in [2.05, 4.69) is 46.0 Å². The predicted octanol–water partition coefficient (Wildman–Crippen LogP) is 3.14. The number of carbonyl (C=O) groups excluding carboxylic acids is 1. The van der Waals surface area contributed by atoms with Crippen LogP contribution in [-0.4, -0.2) is 46.4 Å². The number of rotatable bonds is 6. The summed E-state index contributed by atoms with van der Waals surface area (Å²) in [7, 11) is 0. The van der Waals surface area contributed by atoms with E-state index >= 15 is 0 Å². The fraction of sp³-hybridized carbons (Fsp3) is 0.429. The molecule has 1 aliphatic rings. The van der Waals surface area contributed by atoms with Gasteiger partial charge >= 0.3 is 0 Å². The van der Waals surface area contributed by atoms with Crippen LogP contribution in [0.5, 0.6) is 0 Å². The number of amides is 1. The Bertz CT molecular complexity index is 659. The first-order valence-corrected chi connectivity index (χ1v) is 9.18. The number of piperazine rings is 1. The molecular weight excluding hydrogens is 310 g/mol. The zero-order valence-corrected chi connectivity index (χ0v) is 15.0. The zero-order valence-electron chi connectivity index (χ0n) is 15.0. The maximum atomic E-state index is 12.6. The van der Waals surface area contributed by atoms with Crippen LogP contribution < -0.4 is 0 Å². The number of carbonyl (C=O) groups is 1. The molecule has 2 aromatic rings. The smallest absolute Gasteiger partial charge is 0.222 e. The first-order chi connectivity index (χ1) is 12.2. The minimum atomic E-state index is 0.278. The van der Waals surface area contributed by atoms with Crippen LogP contribution in [0.15, 0.2) is 54.7 Å². The minimum Gasteiger partial charge on any atom is -0.337 e. The van der Waals surface area contributed by atoms with Gasteiger partial charge in [-0.1, -0.05) is 36.4 Å². The maximum Gasteiger partial charge on any atom is 0.222 e. The Hall–Kier alpha value is -2.20. The van der Waals surface area contributed by atoms with E-state index in [1.807, 2.05) is 30.5 Å². The molecule has 1 aromatic heterocycles. The van der Waals surface area contributed by atoms with Crippen LogP contribution in [0.25, 0.3) is 0 Å². The highest BCUT2D eigenvalue weighted by molar-refractivity contribution is 5.76. The molecule has 1 aromatic carbocycles. The second kappa shape index (κ2) is 8.77. The van der Waals surface area contributed by atoms with Crippen LogP contribution in [0.2, 0.25) is 0 Å². The van der Waals surface area contributed by atoms with Gasteiger partial charge in [0.1, 0.15) is 0 Å². The van der Waals surface area contributed by atoms with Crippen molar-refractivity contribution in [1.29, 1.82) is 0 Å². The Morgan fingerprint density at radius 1 is 1.12 bits per heavy atom. The molecule has 1 aliphatic heterocycles. The van der Waals surface area contributed by atoms with Gasteiger partial charge in [-0.05, 0) is 37.5 Å². The summed E-state index contributed by atoms with van der Waals surface area (Å²) >= 11 is 0. The zero-order chi connectivity index (χ0) is 17.5. The SMILES string of the molecule is C[C@@H]1CN(Cc2ccccc2)CCN1C(=O)CCCc1ccccn1. The summed E-state index contributed by atoms with van der Waals surface area (Å²) in [6.45, 7) is 5.85. The number of aromatic nitrogens is 1. The van der Waals surface area contributed by atoms with Crippen molar-refractivity contribution in [2.75, 3.05) is 19.6 Å². The number of pyridine rings is 1. The van der Waals surface area contributed by atoms with E-state index < -0.39 is 0 Å². The quantitative estimate of drug-likeness (QED) is 0.812. The Kier molecular flexibility index (Phi) is 6.18. The lowest BCUT2D eigenvalue weighted by Crippen LogP contribution is -2.53. The predicted molar refractivity (Wildman–Crippen MR) is 100 cm³/mol. The molecule has 0 spiro atoms. The fourth-order valence-corrected chi connectivity index (χ4v) is 3.50. The summed E-state index contributed by atoms with van der Waals surface area (Å²) in [6, 6.07) is 16.8. The Morgan fingerprint density at radius 3 is 2.64 bits per heavy atom. The lowest BCUT2D eigenvalue weighted by Gasteiger charge is -2.40. The molecule has 1 saturated heterocycles. The molecule has 0 aliphatic carbocycles. The first kappa shape index (κ1) is 17.6. The van der Waals surface area contributed by atoms with Crippen LogP contribution in [0.1, 0.15) is 31.0 Å².